The molecule has 0 amide bonds. The topological polar surface area (TPSA) is 50.9 Å². The number of nitrogens with zero attached hydrogens (tertiary/aromatic N) is 1. The number of nitrogens with two attached hydrogens (primary N) is 1. The molecule has 3 N–H and O–H groups in total. The quantitative estimate of drug-likeness (QED) is 0.717. The number of hydrogen-bond acceptors (Lipinski definition) is 4. The van der Waals surface area contributed by atoms with E-state index in [0.717, 1.165) is 18.1 Å². The van der Waals surface area contributed by atoms with E-state index in [9.17, 15) is 0 Å². The van der Waals surface area contributed by atoms with Gasteiger partial charge in [-0.3, -0.25) is 0 Å². The minimum Gasteiger partial charge on any atom is -0.361 e. The smallest absolute Gasteiger partial charge is 0.182 e. The molecule has 0 radical (unpaired) electrons. The summed E-state index contributed by atoms with van der Waals surface area (Å²) < 4.78 is 0. The van der Waals surface area contributed by atoms with Crippen molar-refractivity contribution in [1.29, 1.82) is 0 Å². The first-order chi connectivity index (χ1) is 5.29. The number of aromatic nitrogens is 1. The van der Waals surface area contributed by atoms with Gasteiger partial charge in [0.25, 0.3) is 0 Å². The summed E-state index contributed by atoms with van der Waals surface area (Å²) in [5.41, 5.74) is 5.57. The van der Waals surface area contributed by atoms with Crippen LogP contribution in [0.15, 0.2) is 11.6 Å². The molecule has 0 saturated heterocycles. The molecule has 0 aromatic carbocycles. The predicted octanol–water partition coefficient (Wildman–Crippen LogP) is 1.29. The van der Waals surface area contributed by atoms with Crippen molar-refractivity contribution in [3.8, 4) is 0 Å². The van der Waals surface area contributed by atoms with Crippen molar-refractivity contribution in [2.24, 2.45) is 5.73 Å². The summed E-state index contributed by atoms with van der Waals surface area (Å²) in [6.45, 7) is 2.91. The molecule has 1 heterocycles. The average molecular weight is 171 g/mol. The lowest BCUT2D eigenvalue weighted by atomic mass is 10.2. The summed E-state index contributed by atoms with van der Waals surface area (Å²) in [7, 11) is 0. The van der Waals surface area contributed by atoms with Crippen molar-refractivity contribution in [3.63, 3.8) is 0 Å². The Kier molecular flexibility index (Phi) is 3.32. The van der Waals surface area contributed by atoms with Crippen LogP contribution in [-0.2, 0) is 0 Å². The molecule has 0 aliphatic heterocycles. The normalized spacial score (nSPS) is 12.9. The summed E-state index contributed by atoms with van der Waals surface area (Å²) in [5.74, 6) is 0. The fourth-order valence-electron chi connectivity index (χ4n) is 0.718. The minimum absolute atomic E-state index is 0.266. The second-order valence-electron chi connectivity index (χ2n) is 2.53. The average Bonchev–Trinajstić information content (AvgIpc) is 2.39. The van der Waals surface area contributed by atoms with Crippen LogP contribution in [0.1, 0.15) is 13.3 Å². The van der Waals surface area contributed by atoms with Gasteiger partial charge in [-0.25, -0.2) is 4.98 Å². The first-order valence-electron chi connectivity index (χ1n) is 3.68. The van der Waals surface area contributed by atoms with Crippen LogP contribution in [0.2, 0.25) is 0 Å². The van der Waals surface area contributed by atoms with Gasteiger partial charge in [-0.15, -0.1) is 11.3 Å². The van der Waals surface area contributed by atoms with E-state index in [1.807, 2.05) is 12.3 Å². The number of rotatable bonds is 4. The standard InChI is InChI=1S/C7H13N3S/c1-6(8)2-3-9-7-10-4-5-11-7/h4-6H,2-3,8H2,1H3,(H,9,10). The van der Waals surface area contributed by atoms with Crippen LogP contribution in [0, 0.1) is 0 Å². The SMILES string of the molecule is CC(N)CCNc1nccs1. The Morgan fingerprint density at radius 1 is 1.82 bits per heavy atom. The zero-order valence-electron chi connectivity index (χ0n) is 6.58. The molecular weight excluding hydrogens is 158 g/mol. The highest BCUT2D eigenvalue weighted by Gasteiger charge is 1.95. The molecule has 11 heavy (non-hydrogen) atoms. The molecule has 0 spiro atoms. The molecule has 1 rings (SSSR count). The third-order valence-electron chi connectivity index (χ3n) is 1.31. The zero-order valence-corrected chi connectivity index (χ0v) is 7.40. The molecule has 4 heteroatoms. The Labute approximate surface area is 70.6 Å². The number of anilines is 1. The van der Waals surface area contributed by atoms with Crippen LogP contribution in [0.25, 0.3) is 0 Å². The van der Waals surface area contributed by atoms with Crippen LogP contribution < -0.4 is 11.1 Å². The summed E-state index contributed by atoms with van der Waals surface area (Å²) in [6.07, 6.45) is 2.78. The fraction of sp³-hybridized carbons (Fsp3) is 0.571. The van der Waals surface area contributed by atoms with Crippen molar-refractivity contribution in [1.82, 2.24) is 4.98 Å². The van der Waals surface area contributed by atoms with Gasteiger partial charge in [0.15, 0.2) is 5.13 Å². The third-order valence-corrected chi connectivity index (χ3v) is 2.04. The predicted molar refractivity (Wildman–Crippen MR) is 48.9 cm³/mol. The molecule has 0 bridgehead atoms. The van der Waals surface area contributed by atoms with E-state index >= 15 is 0 Å². The van der Waals surface area contributed by atoms with Gasteiger partial charge in [0.05, 0.1) is 0 Å². The van der Waals surface area contributed by atoms with Crippen LogP contribution in [-0.4, -0.2) is 17.6 Å². The van der Waals surface area contributed by atoms with E-state index in [-0.39, 0.29) is 6.04 Å². The van der Waals surface area contributed by atoms with Gasteiger partial charge < -0.3 is 11.1 Å². The summed E-state index contributed by atoms with van der Waals surface area (Å²) in [6, 6.07) is 0.266. The number of hydrogen-bond donors (Lipinski definition) is 2. The van der Waals surface area contributed by atoms with Crippen molar-refractivity contribution >= 4 is 16.5 Å². The highest BCUT2D eigenvalue weighted by atomic mass is 32.1. The lowest BCUT2D eigenvalue weighted by molar-refractivity contribution is 0.690. The Hall–Kier alpha value is -0.610. The third kappa shape index (κ3) is 3.34. The summed E-state index contributed by atoms with van der Waals surface area (Å²) >= 11 is 1.61. The van der Waals surface area contributed by atoms with Crippen molar-refractivity contribution < 1.29 is 0 Å². The Balaban J connectivity index is 2.14. The highest BCUT2D eigenvalue weighted by molar-refractivity contribution is 7.13. The van der Waals surface area contributed by atoms with Gasteiger partial charge in [0.1, 0.15) is 0 Å². The first kappa shape index (κ1) is 8.49. The maximum atomic E-state index is 5.57. The molecule has 1 aromatic heterocycles. The van der Waals surface area contributed by atoms with Crippen molar-refractivity contribution in [2.75, 3.05) is 11.9 Å². The van der Waals surface area contributed by atoms with Gasteiger partial charge in [0.2, 0.25) is 0 Å². The second-order valence-corrected chi connectivity index (χ2v) is 3.42. The van der Waals surface area contributed by atoms with Crippen LogP contribution in [0.5, 0.6) is 0 Å². The summed E-state index contributed by atoms with van der Waals surface area (Å²) in [4.78, 5) is 4.08. The minimum atomic E-state index is 0.266. The molecule has 1 atom stereocenters. The number of nitrogens with one attached hydrogen (secondary N) is 1. The molecule has 62 valence electrons. The number of thiazole rings is 1. The van der Waals surface area contributed by atoms with E-state index in [4.69, 9.17) is 5.73 Å². The van der Waals surface area contributed by atoms with Crippen LogP contribution >= 0.6 is 11.3 Å². The molecule has 1 aromatic rings. The largest absolute Gasteiger partial charge is 0.361 e. The van der Waals surface area contributed by atoms with Crippen LogP contribution in [0.4, 0.5) is 5.13 Å². The van der Waals surface area contributed by atoms with Gasteiger partial charge in [-0.2, -0.15) is 0 Å². The van der Waals surface area contributed by atoms with Gasteiger partial charge >= 0.3 is 0 Å². The lowest BCUT2D eigenvalue weighted by Crippen LogP contribution is -2.18. The Morgan fingerprint density at radius 2 is 2.64 bits per heavy atom. The van der Waals surface area contributed by atoms with E-state index < -0.39 is 0 Å². The maximum Gasteiger partial charge on any atom is 0.182 e. The molecule has 0 aliphatic rings. The van der Waals surface area contributed by atoms with Gasteiger partial charge in [-0.1, -0.05) is 0 Å². The van der Waals surface area contributed by atoms with E-state index in [0.29, 0.717) is 0 Å². The molecule has 1 unspecified atom stereocenters. The molecule has 3 nitrogen and oxygen atoms in total. The highest BCUT2D eigenvalue weighted by Crippen LogP contribution is 2.09. The monoisotopic (exact) mass is 171 g/mol. The Bertz CT molecular complexity index is 184. The van der Waals surface area contributed by atoms with E-state index in [2.05, 4.69) is 10.3 Å². The van der Waals surface area contributed by atoms with Crippen LogP contribution in [0.3, 0.4) is 0 Å². The fourth-order valence-corrected chi connectivity index (χ4v) is 1.28. The molecule has 0 fully saturated rings. The first-order valence-corrected chi connectivity index (χ1v) is 4.56. The zero-order chi connectivity index (χ0) is 8.10. The van der Waals surface area contributed by atoms with Gasteiger partial charge in [-0.05, 0) is 13.3 Å². The Morgan fingerprint density at radius 3 is 3.18 bits per heavy atom. The van der Waals surface area contributed by atoms with Gasteiger partial charge in [0, 0.05) is 24.2 Å². The second kappa shape index (κ2) is 4.31. The molecule has 0 saturated carbocycles. The van der Waals surface area contributed by atoms with Crippen molar-refractivity contribution in [3.05, 3.63) is 11.6 Å². The molecule has 0 aliphatic carbocycles. The van der Waals surface area contributed by atoms with E-state index in [1.54, 1.807) is 17.5 Å². The summed E-state index contributed by atoms with van der Waals surface area (Å²) in [5, 5.41) is 6.11. The molecular formula is C7H13N3S. The van der Waals surface area contributed by atoms with Crippen molar-refractivity contribution in [2.45, 2.75) is 19.4 Å². The maximum absolute atomic E-state index is 5.57. The lowest BCUT2D eigenvalue weighted by Gasteiger charge is -2.04. The van der Waals surface area contributed by atoms with E-state index in [1.165, 1.54) is 0 Å².